The Balaban J connectivity index is 1.74. The molecule has 0 bridgehead atoms. The van der Waals surface area contributed by atoms with Gasteiger partial charge in [-0.05, 0) is 48.4 Å². The molecule has 3 nitrogen and oxygen atoms in total. The second-order valence-electron chi connectivity index (χ2n) is 6.36. The van der Waals surface area contributed by atoms with E-state index in [9.17, 15) is 0 Å². The van der Waals surface area contributed by atoms with E-state index in [2.05, 4.69) is 20.8 Å². The lowest BCUT2D eigenvalue weighted by Gasteiger charge is -2.11. The maximum Gasteiger partial charge on any atom is 0.196 e. The molecular weight excluding hydrogens is 409 g/mol. The van der Waals surface area contributed by atoms with Crippen LogP contribution >= 0.6 is 35.0 Å². The van der Waals surface area contributed by atoms with Crippen molar-refractivity contribution in [3.8, 4) is 17.1 Å². The lowest BCUT2D eigenvalue weighted by molar-refractivity contribution is 0.886. The SMILES string of the molecule is Cc1ccc(-c2nnc(SCc3cccc(Cl)c3)n2-c2ccccc2)cc1Cl. The Labute approximate surface area is 178 Å². The van der Waals surface area contributed by atoms with Crippen LogP contribution in [-0.2, 0) is 5.75 Å². The summed E-state index contributed by atoms with van der Waals surface area (Å²) >= 11 is 14.1. The lowest BCUT2D eigenvalue weighted by atomic mass is 10.1. The van der Waals surface area contributed by atoms with Crippen LogP contribution in [0.5, 0.6) is 0 Å². The number of rotatable bonds is 5. The van der Waals surface area contributed by atoms with Gasteiger partial charge in [0.1, 0.15) is 0 Å². The maximum absolute atomic E-state index is 6.35. The second-order valence-corrected chi connectivity index (χ2v) is 8.15. The first kappa shape index (κ1) is 19.1. The molecule has 1 aromatic heterocycles. The van der Waals surface area contributed by atoms with Crippen molar-refractivity contribution in [2.45, 2.75) is 17.8 Å². The van der Waals surface area contributed by atoms with E-state index in [1.807, 2.05) is 73.7 Å². The smallest absolute Gasteiger partial charge is 0.196 e. The van der Waals surface area contributed by atoms with Crippen LogP contribution in [0.1, 0.15) is 11.1 Å². The second kappa shape index (κ2) is 8.39. The van der Waals surface area contributed by atoms with E-state index in [0.29, 0.717) is 5.02 Å². The van der Waals surface area contributed by atoms with E-state index in [-0.39, 0.29) is 0 Å². The number of thioether (sulfide) groups is 1. The van der Waals surface area contributed by atoms with Gasteiger partial charge in [-0.2, -0.15) is 0 Å². The molecule has 0 spiro atoms. The lowest BCUT2D eigenvalue weighted by Crippen LogP contribution is -1.99. The molecule has 0 atom stereocenters. The molecule has 0 aliphatic rings. The molecule has 0 aliphatic carbocycles. The predicted molar refractivity (Wildman–Crippen MR) is 118 cm³/mol. The van der Waals surface area contributed by atoms with Gasteiger partial charge in [0.05, 0.1) is 0 Å². The van der Waals surface area contributed by atoms with Crippen molar-refractivity contribution in [2.24, 2.45) is 0 Å². The van der Waals surface area contributed by atoms with Crippen molar-refractivity contribution in [1.29, 1.82) is 0 Å². The van der Waals surface area contributed by atoms with Crippen molar-refractivity contribution in [3.05, 3.63) is 94.0 Å². The topological polar surface area (TPSA) is 30.7 Å². The van der Waals surface area contributed by atoms with Gasteiger partial charge in [-0.1, -0.05) is 77.4 Å². The zero-order valence-corrected chi connectivity index (χ0v) is 17.5. The quantitative estimate of drug-likeness (QED) is 0.327. The molecule has 0 fully saturated rings. The molecule has 1 heterocycles. The number of aryl methyl sites for hydroxylation is 1. The van der Waals surface area contributed by atoms with Crippen LogP contribution in [0.15, 0.2) is 78.0 Å². The summed E-state index contributed by atoms with van der Waals surface area (Å²) < 4.78 is 2.07. The molecule has 3 aromatic carbocycles. The van der Waals surface area contributed by atoms with Crippen LogP contribution in [0.3, 0.4) is 0 Å². The van der Waals surface area contributed by atoms with E-state index in [4.69, 9.17) is 23.2 Å². The van der Waals surface area contributed by atoms with Gasteiger partial charge < -0.3 is 0 Å². The molecule has 4 rings (SSSR count). The normalized spacial score (nSPS) is 11.0. The number of para-hydroxylation sites is 1. The molecule has 0 saturated carbocycles. The summed E-state index contributed by atoms with van der Waals surface area (Å²) in [6.45, 7) is 1.99. The van der Waals surface area contributed by atoms with Gasteiger partial charge in [0.2, 0.25) is 0 Å². The Kier molecular flexibility index (Phi) is 5.72. The number of halogens is 2. The minimum Gasteiger partial charge on any atom is -0.270 e. The predicted octanol–water partition coefficient (Wildman–Crippen LogP) is 6.84. The van der Waals surface area contributed by atoms with E-state index < -0.39 is 0 Å². The van der Waals surface area contributed by atoms with Crippen LogP contribution in [0.2, 0.25) is 10.0 Å². The average Bonchev–Trinajstić information content (AvgIpc) is 3.13. The molecule has 6 heteroatoms. The number of nitrogens with zero attached hydrogens (tertiary/aromatic N) is 3. The first-order valence-electron chi connectivity index (χ1n) is 8.76. The summed E-state index contributed by atoms with van der Waals surface area (Å²) in [7, 11) is 0. The number of aromatic nitrogens is 3. The van der Waals surface area contributed by atoms with Gasteiger partial charge >= 0.3 is 0 Å². The summed E-state index contributed by atoms with van der Waals surface area (Å²) in [6, 6.07) is 23.9. The largest absolute Gasteiger partial charge is 0.270 e. The highest BCUT2D eigenvalue weighted by atomic mass is 35.5. The van der Waals surface area contributed by atoms with Crippen LogP contribution in [0.4, 0.5) is 0 Å². The molecule has 140 valence electrons. The molecule has 0 radical (unpaired) electrons. The van der Waals surface area contributed by atoms with Crippen LogP contribution in [0, 0.1) is 6.92 Å². The van der Waals surface area contributed by atoms with Gasteiger partial charge in [-0.3, -0.25) is 4.57 Å². The Hall–Kier alpha value is -2.27. The van der Waals surface area contributed by atoms with Crippen molar-refractivity contribution < 1.29 is 0 Å². The highest BCUT2D eigenvalue weighted by Gasteiger charge is 2.17. The van der Waals surface area contributed by atoms with Gasteiger partial charge in [-0.25, -0.2) is 0 Å². The van der Waals surface area contributed by atoms with E-state index in [0.717, 1.165) is 44.1 Å². The molecular formula is C22H17Cl2N3S. The summed E-state index contributed by atoms with van der Waals surface area (Å²) in [5, 5.41) is 11.2. The van der Waals surface area contributed by atoms with E-state index >= 15 is 0 Å². The molecule has 0 saturated heterocycles. The minimum atomic E-state index is 0.716. The molecule has 0 aliphatic heterocycles. The number of hydrogen-bond acceptors (Lipinski definition) is 3. The first-order valence-corrected chi connectivity index (χ1v) is 10.5. The Morgan fingerprint density at radius 2 is 1.71 bits per heavy atom. The fourth-order valence-electron chi connectivity index (χ4n) is 2.87. The van der Waals surface area contributed by atoms with Crippen molar-refractivity contribution >= 4 is 35.0 Å². The summed E-state index contributed by atoms with van der Waals surface area (Å²) in [4.78, 5) is 0. The minimum absolute atomic E-state index is 0.716. The van der Waals surface area contributed by atoms with E-state index in [1.165, 1.54) is 0 Å². The fourth-order valence-corrected chi connectivity index (χ4v) is 4.16. The van der Waals surface area contributed by atoms with Crippen molar-refractivity contribution in [3.63, 3.8) is 0 Å². The number of benzene rings is 3. The number of hydrogen-bond donors (Lipinski definition) is 0. The highest BCUT2D eigenvalue weighted by molar-refractivity contribution is 7.98. The standard InChI is InChI=1S/C22H17Cl2N3S/c1-15-10-11-17(13-20(15)24)21-25-26-22(27(21)19-8-3-2-4-9-19)28-14-16-6-5-7-18(23)12-16/h2-13H,14H2,1H3. The van der Waals surface area contributed by atoms with Gasteiger partial charge in [0, 0.05) is 27.0 Å². The molecule has 4 aromatic rings. The molecule has 0 N–H and O–H groups in total. The highest BCUT2D eigenvalue weighted by Crippen LogP contribution is 2.31. The van der Waals surface area contributed by atoms with Gasteiger partial charge in [-0.15, -0.1) is 10.2 Å². The van der Waals surface area contributed by atoms with Crippen molar-refractivity contribution in [2.75, 3.05) is 0 Å². The Morgan fingerprint density at radius 3 is 2.46 bits per heavy atom. The Morgan fingerprint density at radius 1 is 0.893 bits per heavy atom. The molecule has 0 unspecified atom stereocenters. The van der Waals surface area contributed by atoms with Crippen molar-refractivity contribution in [1.82, 2.24) is 14.8 Å². The molecule has 0 amide bonds. The first-order chi connectivity index (χ1) is 13.6. The third-order valence-electron chi connectivity index (χ3n) is 4.33. The van der Waals surface area contributed by atoms with Crippen LogP contribution < -0.4 is 0 Å². The third kappa shape index (κ3) is 4.09. The van der Waals surface area contributed by atoms with E-state index in [1.54, 1.807) is 11.8 Å². The summed E-state index contributed by atoms with van der Waals surface area (Å²) in [6.07, 6.45) is 0. The van der Waals surface area contributed by atoms with Gasteiger partial charge in [0.25, 0.3) is 0 Å². The molecule has 28 heavy (non-hydrogen) atoms. The third-order valence-corrected chi connectivity index (χ3v) is 5.98. The zero-order valence-electron chi connectivity index (χ0n) is 15.1. The van der Waals surface area contributed by atoms with Crippen LogP contribution in [0.25, 0.3) is 17.1 Å². The average molecular weight is 426 g/mol. The van der Waals surface area contributed by atoms with Gasteiger partial charge in [0.15, 0.2) is 11.0 Å². The summed E-state index contributed by atoms with van der Waals surface area (Å²) in [5.74, 6) is 1.52. The zero-order chi connectivity index (χ0) is 19.5. The Bertz CT molecular complexity index is 1110. The maximum atomic E-state index is 6.35. The fraction of sp³-hybridized carbons (Fsp3) is 0.0909. The van der Waals surface area contributed by atoms with Crippen LogP contribution in [-0.4, -0.2) is 14.8 Å². The summed E-state index contributed by atoms with van der Waals surface area (Å²) in [5.41, 5.74) is 4.11. The monoisotopic (exact) mass is 425 g/mol.